The standard InChI is InChI=1S/C11H13N3OS/c1-7-6-15-11(14-7)16-10-4-3-9(5-13-10)8(2)12/h3-6,8H,12H2,1-2H3. The van der Waals surface area contributed by atoms with Crippen LogP contribution in [0.15, 0.2) is 39.3 Å². The Morgan fingerprint density at radius 3 is 2.75 bits per heavy atom. The predicted molar refractivity (Wildman–Crippen MR) is 62.2 cm³/mol. The van der Waals surface area contributed by atoms with Gasteiger partial charge in [-0.15, -0.1) is 0 Å². The van der Waals surface area contributed by atoms with E-state index in [0.29, 0.717) is 5.22 Å². The normalized spacial score (nSPS) is 12.7. The molecule has 2 heterocycles. The number of aryl methyl sites for hydroxylation is 1. The lowest BCUT2D eigenvalue weighted by molar-refractivity contribution is 0.454. The van der Waals surface area contributed by atoms with E-state index in [4.69, 9.17) is 10.2 Å². The predicted octanol–water partition coefficient (Wildman–Crippen LogP) is 2.55. The summed E-state index contributed by atoms with van der Waals surface area (Å²) in [4.78, 5) is 8.48. The second-order valence-corrected chi connectivity index (χ2v) is 4.55. The molecule has 2 rings (SSSR count). The number of hydrogen-bond donors (Lipinski definition) is 1. The van der Waals surface area contributed by atoms with Crippen molar-refractivity contribution in [2.45, 2.75) is 30.1 Å². The van der Waals surface area contributed by atoms with E-state index in [1.807, 2.05) is 26.0 Å². The van der Waals surface area contributed by atoms with Gasteiger partial charge in [-0.1, -0.05) is 6.07 Å². The van der Waals surface area contributed by atoms with E-state index in [9.17, 15) is 0 Å². The zero-order valence-corrected chi connectivity index (χ0v) is 9.99. The summed E-state index contributed by atoms with van der Waals surface area (Å²) in [5.41, 5.74) is 7.63. The Labute approximate surface area is 98.3 Å². The van der Waals surface area contributed by atoms with E-state index < -0.39 is 0 Å². The molecule has 84 valence electrons. The Hall–Kier alpha value is -1.33. The summed E-state index contributed by atoms with van der Waals surface area (Å²) in [5, 5.41) is 1.46. The van der Waals surface area contributed by atoms with Crippen LogP contribution in [-0.2, 0) is 0 Å². The quantitative estimate of drug-likeness (QED) is 0.885. The van der Waals surface area contributed by atoms with Gasteiger partial charge in [0.2, 0.25) is 0 Å². The van der Waals surface area contributed by atoms with Gasteiger partial charge in [0.25, 0.3) is 5.22 Å². The molecule has 0 spiro atoms. The number of hydrogen-bond acceptors (Lipinski definition) is 5. The van der Waals surface area contributed by atoms with E-state index in [1.165, 1.54) is 11.8 Å². The molecule has 0 aliphatic rings. The molecule has 2 aromatic rings. The molecule has 0 aromatic carbocycles. The van der Waals surface area contributed by atoms with Gasteiger partial charge in [0, 0.05) is 12.2 Å². The molecule has 4 nitrogen and oxygen atoms in total. The van der Waals surface area contributed by atoms with Crippen LogP contribution < -0.4 is 5.73 Å². The van der Waals surface area contributed by atoms with Gasteiger partial charge >= 0.3 is 0 Å². The Kier molecular flexibility index (Phi) is 3.26. The third kappa shape index (κ3) is 2.62. The molecule has 2 aromatic heterocycles. The molecule has 16 heavy (non-hydrogen) atoms. The van der Waals surface area contributed by atoms with E-state index >= 15 is 0 Å². The number of oxazole rings is 1. The number of aromatic nitrogens is 2. The fourth-order valence-electron chi connectivity index (χ4n) is 1.19. The van der Waals surface area contributed by atoms with Crippen LogP contribution >= 0.6 is 11.8 Å². The van der Waals surface area contributed by atoms with Gasteiger partial charge in [-0.2, -0.15) is 0 Å². The van der Waals surface area contributed by atoms with E-state index in [1.54, 1.807) is 12.5 Å². The minimum atomic E-state index is 0.00975. The summed E-state index contributed by atoms with van der Waals surface area (Å²) in [7, 11) is 0. The highest BCUT2D eigenvalue weighted by atomic mass is 32.2. The second kappa shape index (κ2) is 4.67. The van der Waals surface area contributed by atoms with Gasteiger partial charge < -0.3 is 10.2 Å². The molecule has 1 unspecified atom stereocenters. The maximum atomic E-state index is 5.74. The molecule has 0 saturated heterocycles. The van der Waals surface area contributed by atoms with Gasteiger partial charge in [0.1, 0.15) is 11.3 Å². The first-order chi connectivity index (χ1) is 7.65. The highest BCUT2D eigenvalue weighted by molar-refractivity contribution is 7.99. The topological polar surface area (TPSA) is 64.9 Å². The van der Waals surface area contributed by atoms with Crippen LogP contribution in [0.2, 0.25) is 0 Å². The highest BCUT2D eigenvalue weighted by Crippen LogP contribution is 2.25. The van der Waals surface area contributed by atoms with Crippen molar-refractivity contribution in [1.82, 2.24) is 9.97 Å². The summed E-state index contributed by atoms with van der Waals surface area (Å²) in [6.07, 6.45) is 3.40. The molecule has 0 radical (unpaired) electrons. The first-order valence-electron chi connectivity index (χ1n) is 4.96. The Morgan fingerprint density at radius 1 is 1.44 bits per heavy atom. The number of nitrogens with two attached hydrogens (primary N) is 1. The van der Waals surface area contributed by atoms with Crippen LogP contribution in [0.3, 0.4) is 0 Å². The Morgan fingerprint density at radius 2 is 2.25 bits per heavy atom. The van der Waals surface area contributed by atoms with Gasteiger partial charge in [0.15, 0.2) is 0 Å². The maximum Gasteiger partial charge on any atom is 0.262 e. The molecule has 0 amide bonds. The minimum Gasteiger partial charge on any atom is -0.439 e. The van der Waals surface area contributed by atoms with Crippen molar-refractivity contribution in [3.63, 3.8) is 0 Å². The monoisotopic (exact) mass is 235 g/mol. The van der Waals surface area contributed by atoms with Gasteiger partial charge in [0.05, 0.1) is 5.69 Å². The lowest BCUT2D eigenvalue weighted by Gasteiger charge is -2.04. The van der Waals surface area contributed by atoms with Crippen molar-refractivity contribution in [1.29, 1.82) is 0 Å². The largest absolute Gasteiger partial charge is 0.439 e. The van der Waals surface area contributed by atoms with E-state index in [0.717, 1.165) is 16.3 Å². The van der Waals surface area contributed by atoms with E-state index in [2.05, 4.69) is 9.97 Å². The number of nitrogens with zero attached hydrogens (tertiary/aromatic N) is 2. The summed E-state index contributed by atoms with van der Waals surface area (Å²) in [5.74, 6) is 0. The zero-order chi connectivity index (χ0) is 11.5. The molecular weight excluding hydrogens is 222 g/mol. The van der Waals surface area contributed by atoms with Crippen LogP contribution in [0.5, 0.6) is 0 Å². The summed E-state index contributed by atoms with van der Waals surface area (Å²) >= 11 is 1.40. The average molecular weight is 235 g/mol. The molecule has 0 aliphatic heterocycles. The van der Waals surface area contributed by atoms with Crippen LogP contribution in [0, 0.1) is 6.92 Å². The molecule has 0 fully saturated rings. The fourth-order valence-corrected chi connectivity index (χ4v) is 1.90. The van der Waals surface area contributed by atoms with Crippen molar-refractivity contribution in [2.75, 3.05) is 0 Å². The molecular formula is C11H13N3OS. The molecule has 0 saturated carbocycles. The molecule has 1 atom stereocenters. The smallest absolute Gasteiger partial charge is 0.262 e. The van der Waals surface area contributed by atoms with Gasteiger partial charge in [-0.25, -0.2) is 9.97 Å². The molecule has 5 heteroatoms. The summed E-state index contributed by atoms with van der Waals surface area (Å²) < 4.78 is 5.23. The van der Waals surface area contributed by atoms with Crippen molar-refractivity contribution in [3.8, 4) is 0 Å². The van der Waals surface area contributed by atoms with Crippen molar-refractivity contribution < 1.29 is 4.42 Å². The Balaban J connectivity index is 2.11. The van der Waals surface area contributed by atoms with Crippen LogP contribution in [0.25, 0.3) is 0 Å². The second-order valence-electron chi connectivity index (χ2n) is 3.58. The number of rotatable bonds is 3. The molecule has 0 aliphatic carbocycles. The van der Waals surface area contributed by atoms with Crippen LogP contribution in [0.1, 0.15) is 24.2 Å². The average Bonchev–Trinajstić information content (AvgIpc) is 2.65. The lowest BCUT2D eigenvalue weighted by Crippen LogP contribution is -2.04. The lowest BCUT2D eigenvalue weighted by atomic mass is 10.2. The van der Waals surface area contributed by atoms with Gasteiger partial charge in [-0.05, 0) is 37.2 Å². The SMILES string of the molecule is Cc1coc(Sc2ccc(C(C)N)cn2)n1. The first-order valence-corrected chi connectivity index (χ1v) is 5.78. The van der Waals surface area contributed by atoms with Crippen molar-refractivity contribution in [2.24, 2.45) is 5.73 Å². The fraction of sp³-hybridized carbons (Fsp3) is 0.273. The summed E-state index contributed by atoms with van der Waals surface area (Å²) in [6.45, 7) is 3.82. The third-order valence-corrected chi connectivity index (χ3v) is 2.89. The van der Waals surface area contributed by atoms with Crippen molar-refractivity contribution in [3.05, 3.63) is 35.9 Å². The summed E-state index contributed by atoms with van der Waals surface area (Å²) in [6, 6.07) is 3.90. The van der Waals surface area contributed by atoms with E-state index in [-0.39, 0.29) is 6.04 Å². The molecule has 2 N–H and O–H groups in total. The molecule has 0 bridgehead atoms. The first kappa shape index (κ1) is 11.2. The minimum absolute atomic E-state index is 0.00975. The van der Waals surface area contributed by atoms with Crippen molar-refractivity contribution >= 4 is 11.8 Å². The van der Waals surface area contributed by atoms with Crippen LogP contribution in [-0.4, -0.2) is 9.97 Å². The third-order valence-electron chi connectivity index (χ3n) is 2.07. The zero-order valence-electron chi connectivity index (χ0n) is 9.18. The number of pyridine rings is 1. The van der Waals surface area contributed by atoms with Gasteiger partial charge in [-0.3, -0.25) is 0 Å². The Bertz CT molecular complexity index is 464. The maximum absolute atomic E-state index is 5.74. The van der Waals surface area contributed by atoms with Crippen LogP contribution in [0.4, 0.5) is 0 Å². The highest BCUT2D eigenvalue weighted by Gasteiger charge is 2.05.